The van der Waals surface area contributed by atoms with Crippen molar-refractivity contribution < 1.29 is 56.1 Å². The summed E-state index contributed by atoms with van der Waals surface area (Å²) in [4.78, 5) is 33.6. The number of hydrogen-bond donors (Lipinski definition) is 2. The van der Waals surface area contributed by atoms with Crippen molar-refractivity contribution in [2.24, 2.45) is 5.73 Å². The number of hydrogen-bond acceptors (Lipinski definition) is 13. The van der Waals surface area contributed by atoms with E-state index >= 15 is 0 Å². The molecule has 1 aliphatic heterocycles. The second-order valence-electron chi connectivity index (χ2n) is 12.2. The molecule has 0 aromatic carbocycles. The second-order valence-corrected chi connectivity index (χ2v) is 24.8. The first-order valence-electron chi connectivity index (χ1n) is 16.5. The zero-order valence-electron chi connectivity index (χ0n) is 30.0. The lowest BCUT2D eigenvalue weighted by Crippen LogP contribution is -2.22. The molecule has 1 fully saturated rings. The van der Waals surface area contributed by atoms with E-state index < -0.39 is 40.2 Å². The summed E-state index contributed by atoms with van der Waals surface area (Å²) in [5.41, 5.74) is 4.59. The molecule has 47 heavy (non-hydrogen) atoms. The maximum absolute atomic E-state index is 12.6. The van der Waals surface area contributed by atoms with Crippen molar-refractivity contribution in [1.29, 1.82) is 0 Å². The van der Waals surface area contributed by atoms with Crippen molar-refractivity contribution in [1.82, 2.24) is 0 Å². The molecular formula is C30H63NO12P4. The van der Waals surface area contributed by atoms with E-state index in [0.29, 0.717) is 25.9 Å². The van der Waals surface area contributed by atoms with Gasteiger partial charge in [0.05, 0.1) is 32.4 Å². The van der Waals surface area contributed by atoms with Crippen LogP contribution in [0.5, 0.6) is 0 Å². The number of ketones is 1. The molecular weight excluding hydrogens is 690 g/mol. The molecule has 1 heterocycles. The third kappa shape index (κ3) is 23.5. The van der Waals surface area contributed by atoms with Gasteiger partial charge in [-0.1, -0.05) is 32.1 Å². The van der Waals surface area contributed by atoms with Gasteiger partial charge in [0, 0.05) is 39.0 Å². The van der Waals surface area contributed by atoms with Crippen molar-refractivity contribution in [3.63, 3.8) is 0 Å². The van der Waals surface area contributed by atoms with Gasteiger partial charge in [0.2, 0.25) is 7.37 Å². The molecule has 1 saturated heterocycles. The molecule has 0 saturated carbocycles. The van der Waals surface area contributed by atoms with Crippen LogP contribution in [0.25, 0.3) is 0 Å². The van der Waals surface area contributed by atoms with Crippen molar-refractivity contribution in [2.45, 2.75) is 115 Å². The fraction of sp³-hybridized carbons (Fsp3) is 0.900. The van der Waals surface area contributed by atoms with E-state index in [1.165, 1.54) is 20.0 Å². The van der Waals surface area contributed by atoms with Crippen LogP contribution in [0.15, 0.2) is 0 Å². The minimum Gasteiger partial charge on any atom is -0.396 e. The molecule has 1 aliphatic rings. The lowest BCUT2D eigenvalue weighted by atomic mass is 10.1. The van der Waals surface area contributed by atoms with Gasteiger partial charge in [-0.15, -0.1) is 0 Å². The maximum atomic E-state index is 12.6. The van der Waals surface area contributed by atoms with Crippen LogP contribution < -0.4 is 5.73 Å². The highest BCUT2D eigenvalue weighted by atomic mass is 31.2. The van der Waals surface area contributed by atoms with E-state index in [9.17, 15) is 32.6 Å². The third-order valence-electron chi connectivity index (χ3n) is 6.99. The van der Waals surface area contributed by atoms with Gasteiger partial charge in [-0.25, -0.2) is 0 Å². The van der Waals surface area contributed by atoms with Crippen LogP contribution in [-0.4, -0.2) is 93.5 Å². The van der Waals surface area contributed by atoms with Crippen molar-refractivity contribution in [2.75, 3.05) is 59.8 Å². The van der Waals surface area contributed by atoms with E-state index in [1.54, 1.807) is 34.1 Å². The fourth-order valence-corrected chi connectivity index (χ4v) is 14.8. The molecule has 0 radical (unpaired) electrons. The average Bonchev–Trinajstić information content (AvgIpc) is 3.04. The van der Waals surface area contributed by atoms with E-state index in [4.69, 9.17) is 24.4 Å². The van der Waals surface area contributed by atoms with Gasteiger partial charge in [-0.2, -0.15) is 0 Å². The van der Waals surface area contributed by atoms with Crippen LogP contribution in [0.2, 0.25) is 0 Å². The monoisotopic (exact) mass is 753 g/mol. The zero-order valence-corrected chi connectivity index (χ0v) is 33.6. The topological polar surface area (TPSA) is 203 Å². The Balaban J connectivity index is 0. The van der Waals surface area contributed by atoms with Crippen molar-refractivity contribution >= 4 is 47.0 Å². The summed E-state index contributed by atoms with van der Waals surface area (Å²) >= 11 is 0. The minimum absolute atomic E-state index is 0.0119. The summed E-state index contributed by atoms with van der Waals surface area (Å²) in [5, 5.41) is 8.02. The van der Waals surface area contributed by atoms with E-state index in [0.717, 1.165) is 57.8 Å². The van der Waals surface area contributed by atoms with E-state index in [2.05, 4.69) is 4.74 Å². The minimum atomic E-state index is -3.42. The van der Waals surface area contributed by atoms with Gasteiger partial charge < -0.3 is 38.3 Å². The molecule has 1 rings (SSSR count). The Morgan fingerprint density at radius 3 is 1.60 bits per heavy atom. The van der Waals surface area contributed by atoms with Crippen molar-refractivity contribution in [3.8, 4) is 0 Å². The Hall–Kier alpha value is -0.470. The quantitative estimate of drug-likeness (QED) is 0.0563. The first-order chi connectivity index (χ1) is 21.7. The van der Waals surface area contributed by atoms with Crippen LogP contribution in [0.1, 0.15) is 104 Å². The molecule has 0 amide bonds. The Kier molecular flexibility index (Phi) is 26.4. The number of esters is 2. The van der Waals surface area contributed by atoms with E-state index in [-0.39, 0.29) is 44.0 Å². The van der Waals surface area contributed by atoms with Gasteiger partial charge in [0.15, 0.2) is 5.52 Å². The van der Waals surface area contributed by atoms with Gasteiger partial charge in [0.25, 0.3) is 0 Å². The number of aliphatic hydroxyl groups excluding tert-OH is 1. The molecule has 0 aromatic heterocycles. The molecule has 3 unspecified atom stereocenters. The Morgan fingerprint density at radius 1 is 0.745 bits per heavy atom. The SMILES string of the molecule is CCOP(=O)(OCC)C(N)P(C)(C)=O.CCOP(C)(=O)C(CC(=O)CCCCCCCO)P(C)(C)=O.O=C1CCCCCCC(=O)O1. The molecule has 3 N–H and O–H groups in total. The summed E-state index contributed by atoms with van der Waals surface area (Å²) in [6, 6.07) is 0. The molecule has 0 spiro atoms. The highest BCUT2D eigenvalue weighted by Gasteiger charge is 2.41. The lowest BCUT2D eigenvalue weighted by molar-refractivity contribution is -0.159. The fourth-order valence-electron chi connectivity index (χ4n) is 4.51. The first kappa shape index (κ1) is 48.6. The number of carbonyl (C=O) groups is 3. The third-order valence-corrected chi connectivity index (χ3v) is 19.2. The number of ether oxygens (including phenoxy) is 1. The number of Topliss-reactive ketones (excluding diaryl/α,β-unsaturated/α-hetero) is 1. The number of nitrogens with two attached hydrogens (primary N) is 1. The van der Waals surface area contributed by atoms with Crippen LogP contribution in [0.4, 0.5) is 0 Å². The zero-order chi connectivity index (χ0) is 36.7. The smallest absolute Gasteiger partial charge is 0.354 e. The summed E-state index contributed by atoms with van der Waals surface area (Å²) in [5.74, 6) is -0.716. The summed E-state index contributed by atoms with van der Waals surface area (Å²) in [7, 11) is -11.8. The van der Waals surface area contributed by atoms with E-state index in [1.807, 2.05) is 0 Å². The predicted octanol–water partition coefficient (Wildman–Crippen LogP) is 7.70. The Morgan fingerprint density at radius 2 is 1.19 bits per heavy atom. The number of aliphatic hydroxyl groups is 1. The molecule has 3 atom stereocenters. The summed E-state index contributed by atoms with van der Waals surface area (Å²) in [6.07, 6.45) is 9.58. The average molecular weight is 754 g/mol. The largest absolute Gasteiger partial charge is 0.396 e. The highest BCUT2D eigenvalue weighted by Crippen LogP contribution is 2.65. The van der Waals surface area contributed by atoms with Gasteiger partial charge in [0.1, 0.15) is 12.9 Å². The van der Waals surface area contributed by atoms with Crippen LogP contribution in [-0.2, 0) is 51.0 Å². The number of carbonyl (C=O) groups excluding carboxylic acids is 3. The maximum Gasteiger partial charge on any atom is 0.354 e. The summed E-state index contributed by atoms with van der Waals surface area (Å²) < 4.78 is 68.4. The van der Waals surface area contributed by atoms with Crippen molar-refractivity contribution in [3.05, 3.63) is 0 Å². The first-order valence-corrected chi connectivity index (χ1v) is 25.6. The second kappa shape index (κ2) is 25.5. The van der Waals surface area contributed by atoms with Crippen LogP contribution in [0, 0.1) is 0 Å². The highest BCUT2D eigenvalue weighted by molar-refractivity contribution is 7.78. The normalized spacial score (nSPS) is 17.2. The molecule has 0 aromatic rings. The number of unbranched alkanes of at least 4 members (excludes halogenated alkanes) is 4. The standard InChI is InChI=1S/C15H32O5P2.C8H12O3.C7H19NO4P2/c1-5-20-22(4,19)15(21(2,3)18)13-14(17)11-9-7-6-8-10-12-16;9-7-5-3-1-2-4-6-8(10)11-7;1-5-11-14(10,12-6-2)7(8)13(3,4)9/h15-16H,5-13H2,1-4H3;1-6H2;7H,5-6,8H2,1-4H3. The molecule has 280 valence electrons. The van der Waals surface area contributed by atoms with Crippen LogP contribution in [0.3, 0.4) is 0 Å². The number of rotatable bonds is 19. The Bertz CT molecular complexity index is 1080. The van der Waals surface area contributed by atoms with Gasteiger partial charge >= 0.3 is 19.5 Å². The molecule has 0 bridgehead atoms. The lowest BCUT2D eigenvalue weighted by Gasteiger charge is -2.27. The number of cyclic esters (lactones) is 2. The molecule has 0 aliphatic carbocycles. The predicted molar refractivity (Wildman–Crippen MR) is 190 cm³/mol. The Labute approximate surface area is 283 Å². The van der Waals surface area contributed by atoms with Gasteiger partial charge in [-0.3, -0.25) is 23.5 Å². The van der Waals surface area contributed by atoms with Crippen LogP contribution >= 0.6 is 29.2 Å². The summed E-state index contributed by atoms with van der Waals surface area (Å²) in [6.45, 7) is 13.7. The van der Waals surface area contributed by atoms with Gasteiger partial charge in [-0.05, 0) is 73.1 Å². The molecule has 13 nitrogen and oxygen atoms in total. The molecule has 17 heteroatoms.